The number of aryl methyl sites for hydroxylation is 1. The number of hydrogen-bond donors (Lipinski definition) is 2. The molecule has 0 aromatic heterocycles. The first-order chi connectivity index (χ1) is 8.63. The molecule has 0 saturated carbocycles. The van der Waals surface area contributed by atoms with Gasteiger partial charge in [0.1, 0.15) is 0 Å². The molecule has 1 aromatic carbocycles. The molecule has 0 heterocycles. The zero-order valence-electron chi connectivity index (χ0n) is 12.2. The van der Waals surface area contributed by atoms with Crippen LogP contribution in [0.4, 0.5) is 5.69 Å². The number of benzene rings is 1. The summed E-state index contributed by atoms with van der Waals surface area (Å²) < 4.78 is 27.4. The van der Waals surface area contributed by atoms with Gasteiger partial charge in [0.2, 0.25) is 10.0 Å². The minimum Gasteiger partial charge on any atom is -0.398 e. The average molecular weight is 285 g/mol. The van der Waals surface area contributed by atoms with E-state index in [1.807, 2.05) is 32.8 Å². The van der Waals surface area contributed by atoms with Crippen molar-refractivity contribution in [3.05, 3.63) is 23.3 Å². The smallest absolute Gasteiger partial charge is 0.241 e. The molecule has 0 saturated heterocycles. The van der Waals surface area contributed by atoms with Crippen molar-refractivity contribution in [3.63, 3.8) is 0 Å². The topological polar surface area (TPSA) is 75.4 Å². The van der Waals surface area contributed by atoms with Crippen molar-refractivity contribution in [3.8, 4) is 0 Å². The fourth-order valence-electron chi connectivity index (χ4n) is 2.04. The molecule has 0 radical (unpaired) electrons. The first-order valence-electron chi connectivity index (χ1n) is 6.17. The number of hydrogen-bond acceptors (Lipinski definition) is 4. The summed E-state index contributed by atoms with van der Waals surface area (Å²) in [4.78, 5) is 2.19. The van der Waals surface area contributed by atoms with Gasteiger partial charge in [-0.2, -0.15) is 0 Å². The largest absolute Gasteiger partial charge is 0.398 e. The molecule has 3 N–H and O–H groups in total. The van der Waals surface area contributed by atoms with Gasteiger partial charge in [-0.15, -0.1) is 0 Å². The van der Waals surface area contributed by atoms with Gasteiger partial charge in [0, 0.05) is 18.3 Å². The molecule has 0 bridgehead atoms. The van der Waals surface area contributed by atoms with E-state index < -0.39 is 10.0 Å². The number of nitrogens with zero attached hydrogens (tertiary/aromatic N) is 1. The molecule has 1 atom stereocenters. The lowest BCUT2D eigenvalue weighted by molar-refractivity contribution is 0.370. The molecule has 1 rings (SSSR count). The van der Waals surface area contributed by atoms with Gasteiger partial charge in [0.25, 0.3) is 0 Å². The van der Waals surface area contributed by atoms with E-state index in [4.69, 9.17) is 5.73 Å². The summed E-state index contributed by atoms with van der Waals surface area (Å²) in [6, 6.07) is 3.26. The van der Waals surface area contributed by atoms with Crippen molar-refractivity contribution in [2.75, 3.05) is 26.4 Å². The second kappa shape index (κ2) is 5.90. The minimum absolute atomic E-state index is 0.166. The van der Waals surface area contributed by atoms with Gasteiger partial charge < -0.3 is 10.6 Å². The number of nitrogen functional groups attached to an aromatic ring is 1. The molecule has 1 unspecified atom stereocenters. The van der Waals surface area contributed by atoms with E-state index in [-0.39, 0.29) is 10.9 Å². The van der Waals surface area contributed by atoms with Crippen LogP contribution in [-0.2, 0) is 10.0 Å². The van der Waals surface area contributed by atoms with Crippen LogP contribution in [0.25, 0.3) is 0 Å². The van der Waals surface area contributed by atoms with Crippen LogP contribution in [0.5, 0.6) is 0 Å². The Morgan fingerprint density at radius 2 is 1.89 bits per heavy atom. The molecule has 0 fully saturated rings. The van der Waals surface area contributed by atoms with E-state index >= 15 is 0 Å². The second-order valence-electron chi connectivity index (χ2n) is 5.26. The maximum absolute atomic E-state index is 12.4. The Morgan fingerprint density at radius 3 is 2.42 bits per heavy atom. The second-order valence-corrected chi connectivity index (χ2v) is 6.94. The van der Waals surface area contributed by atoms with Gasteiger partial charge in [-0.3, -0.25) is 0 Å². The summed E-state index contributed by atoms with van der Waals surface area (Å²) in [7, 11) is 0.269. The summed E-state index contributed by atoms with van der Waals surface area (Å²) in [5, 5.41) is 0. The summed E-state index contributed by atoms with van der Waals surface area (Å²) >= 11 is 0. The molecular weight excluding hydrogens is 262 g/mol. The molecule has 0 aliphatic rings. The van der Waals surface area contributed by atoms with E-state index in [0.717, 1.165) is 5.56 Å². The van der Waals surface area contributed by atoms with E-state index in [0.29, 0.717) is 17.8 Å². The van der Waals surface area contributed by atoms with Crippen LogP contribution in [0.3, 0.4) is 0 Å². The van der Waals surface area contributed by atoms with Crippen molar-refractivity contribution in [1.82, 2.24) is 9.62 Å². The van der Waals surface area contributed by atoms with Crippen LogP contribution in [0.1, 0.15) is 18.1 Å². The van der Waals surface area contributed by atoms with Gasteiger partial charge in [0.15, 0.2) is 0 Å². The minimum atomic E-state index is -3.54. The summed E-state index contributed by atoms with van der Waals surface area (Å²) in [6.07, 6.45) is 0. The van der Waals surface area contributed by atoms with E-state index in [1.165, 1.54) is 0 Å². The van der Waals surface area contributed by atoms with Crippen molar-refractivity contribution < 1.29 is 8.42 Å². The molecule has 1 aromatic rings. The van der Waals surface area contributed by atoms with Crippen LogP contribution >= 0.6 is 0 Å². The van der Waals surface area contributed by atoms with Gasteiger partial charge in [-0.1, -0.05) is 0 Å². The Balaban J connectivity index is 3.07. The maximum Gasteiger partial charge on any atom is 0.241 e. The van der Waals surface area contributed by atoms with Gasteiger partial charge in [-0.25, -0.2) is 13.1 Å². The standard InChI is InChI=1S/C13H23N3O2S/c1-9-6-12(14)11(3)13(7-9)19(17,18)15-10(2)8-16(4)5/h6-7,10,15H,8,14H2,1-5H3. The predicted octanol–water partition coefficient (Wildman–Crippen LogP) is 1.11. The Labute approximate surface area is 115 Å². The van der Waals surface area contributed by atoms with E-state index in [2.05, 4.69) is 4.72 Å². The number of anilines is 1. The molecule has 0 aliphatic carbocycles. The van der Waals surface area contributed by atoms with Crippen LogP contribution in [-0.4, -0.2) is 40.0 Å². The highest BCUT2D eigenvalue weighted by molar-refractivity contribution is 7.89. The maximum atomic E-state index is 12.4. The molecule has 0 spiro atoms. The fraction of sp³-hybridized carbons (Fsp3) is 0.538. The molecule has 0 amide bonds. The quantitative estimate of drug-likeness (QED) is 0.795. The van der Waals surface area contributed by atoms with Gasteiger partial charge >= 0.3 is 0 Å². The van der Waals surface area contributed by atoms with Gasteiger partial charge in [0.05, 0.1) is 4.90 Å². The van der Waals surface area contributed by atoms with Crippen LogP contribution in [0, 0.1) is 13.8 Å². The predicted molar refractivity (Wildman–Crippen MR) is 78.7 cm³/mol. The van der Waals surface area contributed by atoms with Crippen molar-refractivity contribution in [1.29, 1.82) is 0 Å². The van der Waals surface area contributed by atoms with Gasteiger partial charge in [-0.05, 0) is 58.1 Å². The lowest BCUT2D eigenvalue weighted by Crippen LogP contribution is -2.39. The molecule has 108 valence electrons. The van der Waals surface area contributed by atoms with Crippen molar-refractivity contribution >= 4 is 15.7 Å². The highest BCUT2D eigenvalue weighted by Gasteiger charge is 2.21. The Hall–Kier alpha value is -1.11. The normalized spacial score (nSPS) is 13.8. The molecule has 6 heteroatoms. The zero-order valence-corrected chi connectivity index (χ0v) is 13.0. The number of sulfonamides is 1. The Morgan fingerprint density at radius 1 is 1.32 bits per heavy atom. The van der Waals surface area contributed by atoms with Crippen LogP contribution in [0.15, 0.2) is 17.0 Å². The van der Waals surface area contributed by atoms with E-state index in [9.17, 15) is 8.42 Å². The molecule has 5 nitrogen and oxygen atoms in total. The Bertz CT molecular complexity index is 553. The first kappa shape index (κ1) is 15.9. The monoisotopic (exact) mass is 285 g/mol. The third-order valence-corrected chi connectivity index (χ3v) is 4.55. The van der Waals surface area contributed by atoms with Crippen LogP contribution < -0.4 is 10.5 Å². The lowest BCUT2D eigenvalue weighted by Gasteiger charge is -2.19. The van der Waals surface area contributed by atoms with Crippen molar-refractivity contribution in [2.45, 2.75) is 31.7 Å². The summed E-state index contributed by atoms with van der Waals surface area (Å²) in [5.41, 5.74) is 7.76. The molecular formula is C13H23N3O2S. The first-order valence-corrected chi connectivity index (χ1v) is 7.65. The highest BCUT2D eigenvalue weighted by atomic mass is 32.2. The lowest BCUT2D eigenvalue weighted by atomic mass is 10.1. The molecule has 19 heavy (non-hydrogen) atoms. The third kappa shape index (κ3) is 4.19. The molecule has 0 aliphatic heterocycles. The number of nitrogens with one attached hydrogen (secondary N) is 1. The highest BCUT2D eigenvalue weighted by Crippen LogP contribution is 2.23. The third-order valence-electron chi connectivity index (χ3n) is 2.83. The van der Waals surface area contributed by atoms with Crippen molar-refractivity contribution in [2.24, 2.45) is 0 Å². The number of rotatable bonds is 5. The SMILES string of the molecule is Cc1cc(N)c(C)c(S(=O)(=O)NC(C)CN(C)C)c1. The van der Waals surface area contributed by atoms with E-state index in [1.54, 1.807) is 19.1 Å². The summed E-state index contributed by atoms with van der Waals surface area (Å²) in [5.74, 6) is 0. The summed E-state index contributed by atoms with van der Waals surface area (Å²) in [6.45, 7) is 6.03. The number of likely N-dealkylation sites (N-methyl/N-ethyl adjacent to an activating group) is 1. The zero-order chi connectivity index (χ0) is 14.8. The number of nitrogens with two attached hydrogens (primary N) is 1. The average Bonchev–Trinajstić information content (AvgIpc) is 2.20. The van der Waals surface area contributed by atoms with Crippen LogP contribution in [0.2, 0.25) is 0 Å². The fourth-order valence-corrected chi connectivity index (χ4v) is 3.64. The Kier molecular flexibility index (Phi) is 4.95.